The Morgan fingerprint density at radius 2 is 1.47 bits per heavy atom. The van der Waals surface area contributed by atoms with Crippen LogP contribution in [0.15, 0.2) is 0 Å². The Balaban J connectivity index is 1.94. The van der Waals surface area contributed by atoms with Crippen LogP contribution in [0.1, 0.15) is 89.9 Å². The molecule has 172 valence electrons. The van der Waals surface area contributed by atoms with E-state index < -0.39 is 24.1 Å². The molecular formula is C22H40N4O4. The summed E-state index contributed by atoms with van der Waals surface area (Å²) in [5.74, 6) is -0.795. The van der Waals surface area contributed by atoms with Gasteiger partial charge in [0.25, 0.3) is 0 Å². The third kappa shape index (κ3) is 8.90. The number of urea groups is 1. The summed E-state index contributed by atoms with van der Waals surface area (Å²) < 4.78 is 0. The number of nitrogens with one attached hydrogen (secondary N) is 3. The van der Waals surface area contributed by atoms with Crippen LogP contribution in [-0.2, 0) is 9.59 Å². The van der Waals surface area contributed by atoms with Crippen molar-refractivity contribution in [2.75, 3.05) is 6.54 Å². The van der Waals surface area contributed by atoms with Crippen LogP contribution in [0.3, 0.4) is 0 Å². The first-order chi connectivity index (χ1) is 14.5. The fourth-order valence-corrected chi connectivity index (χ4v) is 4.64. The highest BCUT2D eigenvalue weighted by Gasteiger charge is 2.29. The number of carboxylic acid groups (broad SMARTS) is 1. The van der Waals surface area contributed by atoms with Gasteiger partial charge in [-0.1, -0.05) is 51.4 Å². The molecule has 0 aromatic heterocycles. The van der Waals surface area contributed by atoms with Crippen molar-refractivity contribution in [3.8, 4) is 0 Å². The first kappa shape index (κ1) is 24.4. The number of carbonyl (C=O) groups excluding carboxylic acids is 2. The molecular weight excluding hydrogens is 384 g/mol. The van der Waals surface area contributed by atoms with Crippen molar-refractivity contribution in [3.63, 3.8) is 0 Å². The minimum Gasteiger partial charge on any atom is -0.480 e. The van der Waals surface area contributed by atoms with Gasteiger partial charge in [0.2, 0.25) is 5.91 Å². The fourth-order valence-electron chi connectivity index (χ4n) is 4.64. The van der Waals surface area contributed by atoms with E-state index >= 15 is 0 Å². The predicted molar refractivity (Wildman–Crippen MR) is 116 cm³/mol. The summed E-state index contributed by atoms with van der Waals surface area (Å²) in [6, 6.07) is -2.02. The van der Waals surface area contributed by atoms with E-state index in [2.05, 4.69) is 16.0 Å². The summed E-state index contributed by atoms with van der Waals surface area (Å²) in [7, 11) is 0. The standard InChI is InChI=1S/C22H40N4O4/c23-14-8-7-13-18(21(28)29)25-22(30)26-19(15-16-9-3-1-4-10-16)20(27)24-17-11-5-2-6-12-17/h16-19H,1-15,23H2,(H,24,27)(H,28,29)(H2,25,26,30)/t18-,19+/m0/s1. The molecule has 0 aromatic carbocycles. The zero-order chi connectivity index (χ0) is 21.8. The van der Waals surface area contributed by atoms with Gasteiger partial charge in [-0.2, -0.15) is 0 Å². The average Bonchev–Trinajstić information content (AvgIpc) is 2.74. The maximum Gasteiger partial charge on any atom is 0.326 e. The first-order valence-corrected chi connectivity index (χ1v) is 11.8. The second kappa shape index (κ2) is 13.5. The summed E-state index contributed by atoms with van der Waals surface area (Å²) in [4.78, 5) is 37.0. The number of hydrogen-bond donors (Lipinski definition) is 5. The Morgan fingerprint density at radius 1 is 0.867 bits per heavy atom. The Labute approximate surface area is 180 Å². The molecule has 30 heavy (non-hydrogen) atoms. The Morgan fingerprint density at radius 3 is 2.07 bits per heavy atom. The van der Waals surface area contributed by atoms with Crippen LogP contribution < -0.4 is 21.7 Å². The molecule has 2 rings (SSSR count). The fraction of sp³-hybridized carbons (Fsp3) is 0.864. The minimum atomic E-state index is -1.07. The van der Waals surface area contributed by atoms with Crippen LogP contribution >= 0.6 is 0 Å². The molecule has 8 nitrogen and oxygen atoms in total. The number of rotatable bonds is 11. The molecule has 0 unspecified atom stereocenters. The van der Waals surface area contributed by atoms with Gasteiger partial charge in [-0.05, 0) is 51.0 Å². The predicted octanol–water partition coefficient (Wildman–Crippen LogP) is 2.66. The molecule has 0 spiro atoms. The number of carbonyl (C=O) groups is 3. The Kier molecular flexibility index (Phi) is 11.0. The highest BCUT2D eigenvalue weighted by molar-refractivity contribution is 5.88. The van der Waals surface area contributed by atoms with Gasteiger partial charge in [-0.25, -0.2) is 9.59 Å². The van der Waals surface area contributed by atoms with E-state index in [0.29, 0.717) is 38.1 Å². The molecule has 3 amide bonds. The number of hydrogen-bond acceptors (Lipinski definition) is 4. The quantitative estimate of drug-likeness (QED) is 0.325. The lowest BCUT2D eigenvalue weighted by Gasteiger charge is -2.29. The van der Waals surface area contributed by atoms with E-state index in [1.54, 1.807) is 0 Å². The van der Waals surface area contributed by atoms with Crippen LogP contribution in [0, 0.1) is 5.92 Å². The van der Waals surface area contributed by atoms with Crippen molar-refractivity contribution in [1.29, 1.82) is 0 Å². The van der Waals surface area contributed by atoms with Crippen molar-refractivity contribution in [2.24, 2.45) is 11.7 Å². The summed E-state index contributed by atoms with van der Waals surface area (Å²) in [5.41, 5.74) is 5.47. The summed E-state index contributed by atoms with van der Waals surface area (Å²) in [6.07, 6.45) is 13.4. The van der Waals surface area contributed by atoms with Crippen LogP contribution in [0.4, 0.5) is 4.79 Å². The topological polar surface area (TPSA) is 134 Å². The zero-order valence-electron chi connectivity index (χ0n) is 18.2. The van der Waals surface area contributed by atoms with Gasteiger partial charge in [0.15, 0.2) is 0 Å². The smallest absolute Gasteiger partial charge is 0.326 e. The van der Waals surface area contributed by atoms with Crippen molar-refractivity contribution in [2.45, 2.75) is 108 Å². The van der Waals surface area contributed by atoms with Crippen LogP contribution in [0.5, 0.6) is 0 Å². The summed E-state index contributed by atoms with van der Waals surface area (Å²) in [6.45, 7) is 0.489. The lowest BCUT2D eigenvalue weighted by atomic mass is 9.84. The SMILES string of the molecule is NCCCC[C@H](NC(=O)N[C@H](CC1CCCCC1)C(=O)NC1CCCCC1)C(=O)O. The van der Waals surface area contributed by atoms with Gasteiger partial charge in [0.1, 0.15) is 12.1 Å². The van der Waals surface area contributed by atoms with Gasteiger partial charge >= 0.3 is 12.0 Å². The maximum atomic E-state index is 13.0. The lowest BCUT2D eigenvalue weighted by Crippen LogP contribution is -2.55. The maximum absolute atomic E-state index is 13.0. The number of nitrogens with two attached hydrogens (primary N) is 1. The Hall–Kier alpha value is -1.83. The molecule has 0 bridgehead atoms. The molecule has 0 aromatic rings. The molecule has 0 heterocycles. The number of aliphatic carboxylic acids is 1. The second-order valence-corrected chi connectivity index (χ2v) is 8.93. The summed E-state index contributed by atoms with van der Waals surface area (Å²) in [5, 5.41) is 17.8. The van der Waals surface area contributed by atoms with Crippen LogP contribution in [-0.4, -0.2) is 47.7 Å². The molecule has 6 N–H and O–H groups in total. The molecule has 0 radical (unpaired) electrons. The molecule has 2 aliphatic carbocycles. The zero-order valence-corrected chi connectivity index (χ0v) is 18.2. The van der Waals surface area contributed by atoms with Crippen molar-refractivity contribution in [1.82, 2.24) is 16.0 Å². The van der Waals surface area contributed by atoms with Crippen molar-refractivity contribution < 1.29 is 19.5 Å². The van der Waals surface area contributed by atoms with Crippen LogP contribution in [0.2, 0.25) is 0 Å². The van der Waals surface area contributed by atoms with Crippen molar-refractivity contribution >= 4 is 17.9 Å². The van der Waals surface area contributed by atoms with Gasteiger partial charge in [-0.15, -0.1) is 0 Å². The largest absolute Gasteiger partial charge is 0.480 e. The van der Waals surface area contributed by atoms with E-state index in [1.807, 2.05) is 0 Å². The molecule has 2 fully saturated rings. The lowest BCUT2D eigenvalue weighted by molar-refractivity contribution is -0.139. The monoisotopic (exact) mass is 424 g/mol. The minimum absolute atomic E-state index is 0.141. The van der Waals surface area contributed by atoms with E-state index in [4.69, 9.17) is 5.73 Å². The van der Waals surface area contributed by atoms with Gasteiger partial charge in [0, 0.05) is 6.04 Å². The highest BCUT2D eigenvalue weighted by atomic mass is 16.4. The molecule has 2 aliphatic rings. The van der Waals surface area contributed by atoms with E-state index in [1.165, 1.54) is 12.8 Å². The van der Waals surface area contributed by atoms with Gasteiger partial charge < -0.3 is 26.8 Å². The van der Waals surface area contributed by atoms with Gasteiger partial charge in [-0.3, -0.25) is 4.79 Å². The highest BCUT2D eigenvalue weighted by Crippen LogP contribution is 2.27. The number of carboxylic acids is 1. The molecule has 2 saturated carbocycles. The normalized spacial score (nSPS) is 20.2. The molecule has 8 heteroatoms. The Bertz CT molecular complexity index is 545. The van der Waals surface area contributed by atoms with E-state index in [0.717, 1.165) is 51.4 Å². The van der Waals surface area contributed by atoms with E-state index in [9.17, 15) is 19.5 Å². The van der Waals surface area contributed by atoms with Crippen LogP contribution in [0.25, 0.3) is 0 Å². The van der Waals surface area contributed by atoms with Crippen molar-refractivity contribution in [3.05, 3.63) is 0 Å². The van der Waals surface area contributed by atoms with E-state index in [-0.39, 0.29) is 11.9 Å². The summed E-state index contributed by atoms with van der Waals surface area (Å²) >= 11 is 0. The van der Waals surface area contributed by atoms with Gasteiger partial charge in [0.05, 0.1) is 0 Å². The number of amides is 3. The third-order valence-electron chi connectivity index (χ3n) is 6.42. The molecule has 2 atom stereocenters. The molecule has 0 saturated heterocycles. The number of unbranched alkanes of at least 4 members (excludes halogenated alkanes) is 1. The molecule has 0 aliphatic heterocycles. The third-order valence-corrected chi connectivity index (χ3v) is 6.42. The average molecular weight is 425 g/mol. The second-order valence-electron chi connectivity index (χ2n) is 8.93. The first-order valence-electron chi connectivity index (χ1n) is 11.8.